The molecule has 0 fully saturated rings. The van der Waals surface area contributed by atoms with Gasteiger partial charge in [-0.25, -0.2) is 18.5 Å². The second-order valence-corrected chi connectivity index (χ2v) is 8.69. The van der Waals surface area contributed by atoms with E-state index in [0.717, 1.165) is 10.1 Å². The molecule has 0 bridgehead atoms. The molecule has 0 atom stereocenters. The van der Waals surface area contributed by atoms with Gasteiger partial charge in [-0.2, -0.15) is 10.2 Å². The fourth-order valence-corrected chi connectivity index (χ4v) is 3.81. The normalized spacial score (nSPS) is 10.4. The summed E-state index contributed by atoms with van der Waals surface area (Å²) in [5.74, 6) is 0.357. The molecule has 0 radical (unpaired) electrons. The molecule has 0 unspecified atom stereocenters. The van der Waals surface area contributed by atoms with Crippen LogP contribution in [0.5, 0.6) is 5.75 Å². The van der Waals surface area contributed by atoms with E-state index in [2.05, 4.69) is 20.9 Å². The van der Waals surface area contributed by atoms with Crippen molar-refractivity contribution in [1.29, 1.82) is 10.7 Å². The molecule has 1 heterocycles. The highest BCUT2D eigenvalue weighted by atomic mass is 19.1. The molecular formula is C28H27FN8O3. The standard InChI is InChI=1S/C28H27FN8O3/c1-40-24-12-6-21(7-13-24)17-36-26(33-15-14-32-25(31)34-23-10-4-19(16-30)5-11-23)35-27(38)37(28(36)39)18-20-2-8-22(29)9-3-20/h2-13H,14-15,17-18H2,1H3,(H3,31,32,34)(H,33,35,38). The number of benzene rings is 3. The van der Waals surface area contributed by atoms with Crippen LogP contribution in [0.15, 0.2) is 82.4 Å². The third-order valence-corrected chi connectivity index (χ3v) is 5.90. The summed E-state index contributed by atoms with van der Waals surface area (Å²) in [4.78, 5) is 30.4. The number of hydrogen-bond acceptors (Lipinski definition) is 7. The van der Waals surface area contributed by atoms with Crippen molar-refractivity contribution in [2.45, 2.75) is 13.1 Å². The van der Waals surface area contributed by atoms with Crippen LogP contribution in [0.3, 0.4) is 0 Å². The summed E-state index contributed by atoms with van der Waals surface area (Å²) in [5.41, 5.74) is 1.20. The first kappa shape index (κ1) is 27.6. The number of rotatable bonds is 10. The first-order chi connectivity index (χ1) is 19.4. The Kier molecular flexibility index (Phi) is 8.88. The number of nitrogens with one attached hydrogen (secondary N) is 4. The van der Waals surface area contributed by atoms with Gasteiger partial charge in [0, 0.05) is 18.8 Å². The molecule has 4 rings (SSSR count). The highest BCUT2D eigenvalue weighted by molar-refractivity contribution is 5.91. The summed E-state index contributed by atoms with van der Waals surface area (Å²) >= 11 is 0. The lowest BCUT2D eigenvalue weighted by Crippen LogP contribution is -2.43. The zero-order valence-corrected chi connectivity index (χ0v) is 21.6. The molecular weight excluding hydrogens is 515 g/mol. The highest BCUT2D eigenvalue weighted by Crippen LogP contribution is 2.13. The maximum absolute atomic E-state index is 13.5. The van der Waals surface area contributed by atoms with Crippen molar-refractivity contribution in [2.24, 2.45) is 0 Å². The minimum atomic E-state index is -0.744. The second kappa shape index (κ2) is 12.9. The van der Waals surface area contributed by atoms with Gasteiger partial charge in [-0.3, -0.25) is 9.98 Å². The van der Waals surface area contributed by atoms with Gasteiger partial charge in [-0.05, 0) is 59.7 Å². The van der Waals surface area contributed by atoms with E-state index in [-0.39, 0.29) is 38.1 Å². The molecule has 4 N–H and O–H groups in total. The number of methoxy groups -OCH3 is 1. The van der Waals surface area contributed by atoms with Crippen LogP contribution < -0.4 is 32.1 Å². The van der Waals surface area contributed by atoms with Crippen LogP contribution in [0.1, 0.15) is 16.7 Å². The van der Waals surface area contributed by atoms with Crippen LogP contribution in [0.2, 0.25) is 0 Å². The Balaban J connectivity index is 1.49. The summed E-state index contributed by atoms with van der Waals surface area (Å²) in [5, 5.41) is 25.8. The molecule has 1 aromatic heterocycles. The van der Waals surface area contributed by atoms with E-state index < -0.39 is 17.2 Å². The van der Waals surface area contributed by atoms with Crippen molar-refractivity contribution in [3.05, 3.63) is 116 Å². The molecule has 0 spiro atoms. The molecule has 0 aliphatic heterocycles. The smallest absolute Gasteiger partial charge is 0.355 e. The summed E-state index contributed by atoms with van der Waals surface area (Å²) in [6, 6.07) is 21.4. The van der Waals surface area contributed by atoms with Gasteiger partial charge in [0.2, 0.25) is 5.95 Å². The quantitative estimate of drug-likeness (QED) is 0.136. The van der Waals surface area contributed by atoms with E-state index in [1.54, 1.807) is 43.5 Å². The monoisotopic (exact) mass is 542 g/mol. The molecule has 204 valence electrons. The van der Waals surface area contributed by atoms with Gasteiger partial charge in [0.25, 0.3) is 0 Å². The van der Waals surface area contributed by atoms with Crippen molar-refractivity contribution >= 4 is 17.6 Å². The number of anilines is 2. The van der Waals surface area contributed by atoms with E-state index in [4.69, 9.17) is 15.4 Å². The first-order valence-corrected chi connectivity index (χ1v) is 12.3. The van der Waals surface area contributed by atoms with E-state index >= 15 is 0 Å². The molecule has 4 aromatic rings. The lowest BCUT2D eigenvalue weighted by atomic mass is 10.2. The van der Waals surface area contributed by atoms with Crippen molar-refractivity contribution < 1.29 is 9.13 Å². The van der Waals surface area contributed by atoms with Gasteiger partial charge in [-0.1, -0.05) is 24.3 Å². The van der Waals surface area contributed by atoms with E-state index in [1.807, 2.05) is 18.2 Å². The second-order valence-electron chi connectivity index (χ2n) is 8.69. The zero-order chi connectivity index (χ0) is 28.5. The number of ether oxygens (including phenoxy) is 1. The molecule has 40 heavy (non-hydrogen) atoms. The van der Waals surface area contributed by atoms with E-state index in [1.165, 1.54) is 28.8 Å². The van der Waals surface area contributed by atoms with Crippen molar-refractivity contribution in [2.75, 3.05) is 30.8 Å². The molecule has 0 saturated heterocycles. The van der Waals surface area contributed by atoms with Crippen molar-refractivity contribution in [1.82, 2.24) is 19.4 Å². The number of nitrogens with zero attached hydrogens (tertiary/aromatic N) is 4. The Hall–Kier alpha value is -5.44. The lowest BCUT2D eigenvalue weighted by molar-refractivity contribution is 0.414. The summed E-state index contributed by atoms with van der Waals surface area (Å²) in [6.07, 6.45) is 0. The fourth-order valence-electron chi connectivity index (χ4n) is 3.81. The maximum atomic E-state index is 13.5. The molecule has 0 aliphatic carbocycles. The van der Waals surface area contributed by atoms with Gasteiger partial charge in [0.05, 0.1) is 31.8 Å². The number of nitriles is 1. The van der Waals surface area contributed by atoms with Gasteiger partial charge < -0.3 is 20.7 Å². The highest BCUT2D eigenvalue weighted by Gasteiger charge is 2.14. The minimum Gasteiger partial charge on any atom is -0.497 e. The molecule has 11 nitrogen and oxygen atoms in total. The van der Waals surface area contributed by atoms with Crippen LogP contribution in [0.4, 0.5) is 16.0 Å². The van der Waals surface area contributed by atoms with Crippen LogP contribution in [-0.2, 0) is 13.1 Å². The number of guanidine groups is 1. The molecule has 0 saturated carbocycles. The predicted molar refractivity (Wildman–Crippen MR) is 149 cm³/mol. The summed E-state index contributed by atoms with van der Waals surface area (Å²) in [6.45, 7) is 0.589. The van der Waals surface area contributed by atoms with Gasteiger partial charge in [0.1, 0.15) is 11.6 Å². The molecule has 0 aliphatic rings. The zero-order valence-electron chi connectivity index (χ0n) is 21.6. The molecule has 0 amide bonds. The Labute approximate surface area is 229 Å². The van der Waals surface area contributed by atoms with Crippen molar-refractivity contribution in [3.63, 3.8) is 0 Å². The average molecular weight is 543 g/mol. The largest absolute Gasteiger partial charge is 0.497 e. The van der Waals surface area contributed by atoms with Crippen LogP contribution >= 0.6 is 0 Å². The van der Waals surface area contributed by atoms with Crippen LogP contribution in [0, 0.1) is 22.6 Å². The van der Waals surface area contributed by atoms with Gasteiger partial charge in [0.15, 0.2) is 5.96 Å². The average Bonchev–Trinajstić information content (AvgIpc) is 2.97. The molecule has 3 aromatic carbocycles. The maximum Gasteiger partial charge on any atom is 0.355 e. The number of hydrogen-bond donors (Lipinski definition) is 4. The van der Waals surface area contributed by atoms with E-state index in [0.29, 0.717) is 22.6 Å². The van der Waals surface area contributed by atoms with Gasteiger partial charge in [-0.15, -0.1) is 0 Å². The Morgan fingerprint density at radius 2 is 1.57 bits per heavy atom. The predicted octanol–water partition coefficient (Wildman–Crippen LogP) is 2.57. The number of aromatic nitrogens is 3. The first-order valence-electron chi connectivity index (χ1n) is 12.3. The Morgan fingerprint density at radius 1 is 0.950 bits per heavy atom. The number of halogens is 1. The van der Waals surface area contributed by atoms with E-state index in [9.17, 15) is 14.0 Å². The lowest BCUT2D eigenvalue weighted by Gasteiger charge is -2.16. The summed E-state index contributed by atoms with van der Waals surface area (Å²) < 4.78 is 20.9. The minimum absolute atomic E-state index is 0.0322. The summed E-state index contributed by atoms with van der Waals surface area (Å²) in [7, 11) is 1.56. The third-order valence-electron chi connectivity index (χ3n) is 5.90. The van der Waals surface area contributed by atoms with Crippen LogP contribution in [-0.4, -0.2) is 40.3 Å². The van der Waals surface area contributed by atoms with Crippen molar-refractivity contribution in [3.8, 4) is 11.8 Å². The molecule has 12 heteroatoms. The Morgan fingerprint density at radius 3 is 2.20 bits per heavy atom. The SMILES string of the molecule is COc1ccc(Cn2c(NCCNC(=N)Nc3ccc(C#N)cc3)nc(=O)n(Cc3ccc(F)cc3)c2=O)cc1. The van der Waals surface area contributed by atoms with Crippen LogP contribution in [0.25, 0.3) is 0 Å². The third kappa shape index (κ3) is 7.11. The van der Waals surface area contributed by atoms with Gasteiger partial charge >= 0.3 is 11.4 Å². The topological polar surface area (TPSA) is 150 Å². The fraction of sp³-hybridized carbons (Fsp3) is 0.179. The Bertz CT molecular complexity index is 1620.